The second-order valence-electron chi connectivity index (χ2n) is 1.93. The van der Waals surface area contributed by atoms with Crippen LogP contribution in [0.25, 0.3) is 0 Å². The zero-order valence-corrected chi connectivity index (χ0v) is 6.50. The lowest BCUT2D eigenvalue weighted by atomic mass is 10.1. The summed E-state index contributed by atoms with van der Waals surface area (Å²) in [5.41, 5.74) is 0. The fourth-order valence-corrected chi connectivity index (χ4v) is 3.15. The number of aliphatic carboxylic acids is 1. The Hall–Kier alpha value is 0.170. The van der Waals surface area contributed by atoms with Crippen LogP contribution in [0.3, 0.4) is 0 Å². The van der Waals surface area contributed by atoms with E-state index in [1.807, 2.05) is 0 Å². The summed E-state index contributed by atoms with van der Waals surface area (Å²) in [6, 6.07) is 0. The van der Waals surface area contributed by atoms with Gasteiger partial charge in [-0.2, -0.15) is 0 Å². The first-order chi connectivity index (χ1) is 4.30. The van der Waals surface area contributed by atoms with Crippen LogP contribution in [0.2, 0.25) is 0 Å². The number of carboxylic acids is 1. The van der Waals surface area contributed by atoms with Gasteiger partial charge in [0.15, 0.2) is 0 Å². The highest BCUT2D eigenvalue weighted by molar-refractivity contribution is 8.76. The van der Waals surface area contributed by atoms with Gasteiger partial charge in [0.25, 0.3) is 0 Å². The number of carboxylic acid groups (broad SMARTS) is 1. The van der Waals surface area contributed by atoms with Crippen LogP contribution in [0, 0.1) is 5.92 Å². The molecule has 0 spiro atoms. The van der Waals surface area contributed by atoms with Crippen LogP contribution in [0.5, 0.6) is 0 Å². The molecule has 0 aromatic heterocycles. The minimum atomic E-state index is -0.636. The molecule has 1 saturated heterocycles. The maximum absolute atomic E-state index is 10.3. The molecular formula is C5H8O2S2. The van der Waals surface area contributed by atoms with E-state index in [0.29, 0.717) is 0 Å². The maximum Gasteiger partial charge on any atom is 0.307 e. The molecule has 4 heteroatoms. The van der Waals surface area contributed by atoms with Crippen LogP contribution < -0.4 is 0 Å². The third-order valence-corrected chi connectivity index (χ3v) is 3.77. The van der Waals surface area contributed by atoms with Crippen LogP contribution in [-0.2, 0) is 4.79 Å². The van der Waals surface area contributed by atoms with Gasteiger partial charge in [0.1, 0.15) is 0 Å². The monoisotopic (exact) mass is 164 g/mol. The number of hydrogen-bond acceptors (Lipinski definition) is 3. The Kier molecular flexibility index (Phi) is 2.72. The van der Waals surface area contributed by atoms with Gasteiger partial charge in [0.2, 0.25) is 0 Å². The van der Waals surface area contributed by atoms with E-state index in [0.717, 1.165) is 17.9 Å². The molecule has 0 aliphatic carbocycles. The molecule has 1 rings (SSSR count). The Labute approximate surface area is 61.8 Å². The molecule has 9 heavy (non-hydrogen) atoms. The molecule has 52 valence electrons. The van der Waals surface area contributed by atoms with E-state index in [2.05, 4.69) is 0 Å². The summed E-state index contributed by atoms with van der Waals surface area (Å²) in [7, 11) is 3.44. The van der Waals surface area contributed by atoms with Gasteiger partial charge in [-0.1, -0.05) is 21.6 Å². The van der Waals surface area contributed by atoms with Crippen LogP contribution >= 0.6 is 21.6 Å². The molecule has 2 nitrogen and oxygen atoms in total. The molecule has 0 aromatic carbocycles. The minimum Gasteiger partial charge on any atom is -0.481 e. The van der Waals surface area contributed by atoms with Crippen LogP contribution in [-0.4, -0.2) is 22.6 Å². The van der Waals surface area contributed by atoms with E-state index < -0.39 is 5.97 Å². The molecule has 0 bridgehead atoms. The molecule has 0 saturated carbocycles. The van der Waals surface area contributed by atoms with E-state index in [4.69, 9.17) is 5.11 Å². The quantitative estimate of drug-likeness (QED) is 0.595. The Morgan fingerprint density at radius 2 is 2.33 bits per heavy atom. The smallest absolute Gasteiger partial charge is 0.307 e. The van der Waals surface area contributed by atoms with Crippen molar-refractivity contribution in [2.24, 2.45) is 5.92 Å². The van der Waals surface area contributed by atoms with E-state index in [1.165, 1.54) is 0 Å². The molecule has 1 heterocycles. The third-order valence-electron chi connectivity index (χ3n) is 1.25. The van der Waals surface area contributed by atoms with Crippen LogP contribution in [0.15, 0.2) is 0 Å². The summed E-state index contributed by atoms with van der Waals surface area (Å²) in [5, 5.41) is 8.52. The molecule has 0 aromatic rings. The molecule has 0 amide bonds. The molecule has 1 unspecified atom stereocenters. The second-order valence-corrected chi connectivity index (χ2v) is 4.56. The lowest BCUT2D eigenvalue weighted by Crippen LogP contribution is -2.18. The van der Waals surface area contributed by atoms with Crippen molar-refractivity contribution >= 4 is 27.6 Å². The molecule has 1 fully saturated rings. The first-order valence-corrected chi connectivity index (χ1v) is 5.26. The van der Waals surface area contributed by atoms with Gasteiger partial charge in [0.05, 0.1) is 5.92 Å². The van der Waals surface area contributed by atoms with Crippen molar-refractivity contribution in [3.05, 3.63) is 0 Å². The Balaban J connectivity index is 2.31. The van der Waals surface area contributed by atoms with E-state index >= 15 is 0 Å². The van der Waals surface area contributed by atoms with Crippen molar-refractivity contribution in [2.75, 3.05) is 11.5 Å². The van der Waals surface area contributed by atoms with E-state index in [9.17, 15) is 4.79 Å². The van der Waals surface area contributed by atoms with Crippen molar-refractivity contribution in [1.82, 2.24) is 0 Å². The van der Waals surface area contributed by atoms with Crippen molar-refractivity contribution in [2.45, 2.75) is 6.42 Å². The van der Waals surface area contributed by atoms with Crippen molar-refractivity contribution < 1.29 is 9.90 Å². The van der Waals surface area contributed by atoms with Gasteiger partial charge in [-0.15, -0.1) is 0 Å². The Bertz CT molecular complexity index is 110. The Morgan fingerprint density at radius 3 is 2.67 bits per heavy atom. The number of hydrogen-bond donors (Lipinski definition) is 1. The average Bonchev–Trinajstić information content (AvgIpc) is 1.90. The molecule has 0 radical (unpaired) electrons. The lowest BCUT2D eigenvalue weighted by Gasteiger charge is -2.15. The summed E-state index contributed by atoms with van der Waals surface area (Å²) in [6.07, 6.45) is 0.840. The average molecular weight is 164 g/mol. The summed E-state index contributed by atoms with van der Waals surface area (Å²) < 4.78 is 0. The van der Waals surface area contributed by atoms with Gasteiger partial charge in [-0.25, -0.2) is 0 Å². The summed E-state index contributed by atoms with van der Waals surface area (Å²) >= 11 is 0. The summed E-state index contributed by atoms with van der Waals surface area (Å²) in [6.45, 7) is 0. The van der Waals surface area contributed by atoms with Crippen molar-refractivity contribution in [3.8, 4) is 0 Å². The van der Waals surface area contributed by atoms with Gasteiger partial charge in [0, 0.05) is 11.5 Å². The van der Waals surface area contributed by atoms with E-state index in [1.54, 1.807) is 21.6 Å². The van der Waals surface area contributed by atoms with Crippen molar-refractivity contribution in [3.63, 3.8) is 0 Å². The molecule has 1 aliphatic heterocycles. The molecular weight excluding hydrogens is 156 g/mol. The largest absolute Gasteiger partial charge is 0.481 e. The Morgan fingerprint density at radius 1 is 1.56 bits per heavy atom. The molecule has 1 atom stereocenters. The van der Waals surface area contributed by atoms with Crippen LogP contribution in [0.1, 0.15) is 6.42 Å². The lowest BCUT2D eigenvalue weighted by molar-refractivity contribution is -0.140. The minimum absolute atomic E-state index is 0.0868. The zero-order valence-electron chi connectivity index (χ0n) is 4.87. The fourth-order valence-electron chi connectivity index (χ4n) is 0.658. The highest BCUT2D eigenvalue weighted by atomic mass is 33.1. The van der Waals surface area contributed by atoms with Crippen LogP contribution in [0.4, 0.5) is 0 Å². The molecule has 1 aliphatic rings. The topological polar surface area (TPSA) is 37.3 Å². The first-order valence-electron chi connectivity index (χ1n) is 2.78. The first kappa shape index (κ1) is 7.28. The number of carbonyl (C=O) groups is 1. The van der Waals surface area contributed by atoms with Gasteiger partial charge in [-0.05, 0) is 6.42 Å². The maximum atomic E-state index is 10.3. The molecule has 1 N–H and O–H groups in total. The van der Waals surface area contributed by atoms with Gasteiger partial charge < -0.3 is 5.11 Å². The standard InChI is InChI=1S/C5H8O2S2/c6-5(7)4-1-2-8-9-3-4/h4H,1-3H2,(H,6,7). The zero-order chi connectivity index (χ0) is 6.69. The predicted molar refractivity (Wildman–Crippen MR) is 40.7 cm³/mol. The normalized spacial score (nSPS) is 27.8. The third kappa shape index (κ3) is 2.10. The summed E-state index contributed by atoms with van der Waals surface area (Å²) in [5.74, 6) is 1.04. The fraction of sp³-hybridized carbons (Fsp3) is 0.800. The second kappa shape index (κ2) is 3.37. The SMILES string of the molecule is O=C(O)C1CCSSC1. The highest BCUT2D eigenvalue weighted by Crippen LogP contribution is 2.32. The number of rotatable bonds is 1. The predicted octanol–water partition coefficient (Wildman–Crippen LogP) is 1.47. The van der Waals surface area contributed by atoms with Gasteiger partial charge in [-0.3, -0.25) is 4.79 Å². The highest BCUT2D eigenvalue weighted by Gasteiger charge is 2.20. The van der Waals surface area contributed by atoms with Gasteiger partial charge >= 0.3 is 5.97 Å². The summed E-state index contributed by atoms with van der Waals surface area (Å²) in [4.78, 5) is 10.3. The van der Waals surface area contributed by atoms with Crippen molar-refractivity contribution in [1.29, 1.82) is 0 Å². The van der Waals surface area contributed by atoms with E-state index in [-0.39, 0.29) is 5.92 Å².